The number of carbonyl (C=O) groups is 1. The summed E-state index contributed by atoms with van der Waals surface area (Å²) in [6.07, 6.45) is 0. The van der Waals surface area contributed by atoms with Crippen LogP contribution >= 0.6 is 34.2 Å². The summed E-state index contributed by atoms with van der Waals surface area (Å²) in [7, 11) is 3.11. The highest BCUT2D eigenvalue weighted by Crippen LogP contribution is 2.30. The summed E-state index contributed by atoms with van der Waals surface area (Å²) < 4.78 is 11.2. The van der Waals surface area contributed by atoms with Crippen molar-refractivity contribution >= 4 is 45.8 Å². The van der Waals surface area contributed by atoms with Crippen molar-refractivity contribution in [2.24, 2.45) is 0 Å². The Morgan fingerprint density at radius 2 is 1.81 bits per heavy atom. The Morgan fingerprint density at radius 3 is 2.43 bits per heavy atom. The van der Waals surface area contributed by atoms with E-state index in [0.29, 0.717) is 27.8 Å². The molecule has 2 aromatic rings. The summed E-state index contributed by atoms with van der Waals surface area (Å²) in [4.78, 5) is 12.2. The number of amides is 1. The van der Waals surface area contributed by atoms with Crippen LogP contribution in [0.3, 0.4) is 0 Å². The van der Waals surface area contributed by atoms with Gasteiger partial charge in [0.05, 0.1) is 19.2 Å². The Labute approximate surface area is 141 Å². The molecule has 0 saturated heterocycles. The monoisotopic (exact) mass is 417 g/mol. The number of hydrogen-bond donors (Lipinski definition) is 1. The first-order chi connectivity index (χ1) is 10.0. The molecule has 2 aromatic carbocycles. The summed E-state index contributed by atoms with van der Waals surface area (Å²) in [5.41, 5.74) is 1.17. The zero-order valence-electron chi connectivity index (χ0n) is 11.4. The van der Waals surface area contributed by atoms with E-state index in [1.54, 1.807) is 50.6 Å². The minimum absolute atomic E-state index is 0.211. The molecule has 0 bridgehead atoms. The smallest absolute Gasteiger partial charge is 0.255 e. The number of nitrogens with one attached hydrogen (secondary N) is 1. The highest BCUT2D eigenvalue weighted by atomic mass is 127. The van der Waals surface area contributed by atoms with Gasteiger partial charge in [-0.25, -0.2) is 0 Å². The van der Waals surface area contributed by atoms with Gasteiger partial charge < -0.3 is 14.8 Å². The molecule has 0 radical (unpaired) electrons. The summed E-state index contributed by atoms with van der Waals surface area (Å²) in [5.74, 6) is 0.953. The van der Waals surface area contributed by atoms with Gasteiger partial charge >= 0.3 is 0 Å². The third-order valence-electron chi connectivity index (χ3n) is 2.82. The zero-order valence-corrected chi connectivity index (χ0v) is 14.4. The number of benzene rings is 2. The topological polar surface area (TPSA) is 47.6 Å². The van der Waals surface area contributed by atoms with Gasteiger partial charge in [-0.3, -0.25) is 4.79 Å². The lowest BCUT2D eigenvalue weighted by atomic mass is 10.2. The van der Waals surface area contributed by atoms with Gasteiger partial charge in [0.15, 0.2) is 11.5 Å². The molecule has 0 aliphatic carbocycles. The van der Waals surface area contributed by atoms with Crippen LogP contribution in [0.15, 0.2) is 36.4 Å². The zero-order chi connectivity index (χ0) is 15.4. The highest BCUT2D eigenvalue weighted by Gasteiger charge is 2.10. The molecule has 1 N–H and O–H groups in total. The molecular weight excluding hydrogens is 405 g/mol. The molecule has 0 spiro atoms. The maximum atomic E-state index is 12.2. The Hall–Kier alpha value is -1.47. The van der Waals surface area contributed by atoms with E-state index in [-0.39, 0.29) is 5.91 Å². The average molecular weight is 418 g/mol. The molecule has 2 rings (SSSR count). The van der Waals surface area contributed by atoms with Crippen molar-refractivity contribution in [2.75, 3.05) is 19.5 Å². The van der Waals surface area contributed by atoms with Crippen molar-refractivity contribution < 1.29 is 14.3 Å². The first-order valence-electron chi connectivity index (χ1n) is 6.03. The third kappa shape index (κ3) is 3.79. The normalized spacial score (nSPS) is 10.1. The van der Waals surface area contributed by atoms with Crippen LogP contribution in [0, 0.1) is 3.57 Å². The second-order valence-corrected chi connectivity index (χ2v) is 5.72. The standard InChI is InChI=1S/C15H13ClINO3/c1-20-13-6-4-10(8-14(13)21-2)18-15(19)9-3-5-11(16)12(17)7-9/h3-8H,1-2H3,(H,18,19). The van der Waals surface area contributed by atoms with Gasteiger partial charge in [0.2, 0.25) is 0 Å². The first-order valence-corrected chi connectivity index (χ1v) is 7.49. The Bertz CT molecular complexity index is 676. The molecule has 0 saturated carbocycles. The molecule has 0 aromatic heterocycles. The van der Waals surface area contributed by atoms with Crippen LogP contribution in [-0.2, 0) is 0 Å². The fourth-order valence-corrected chi connectivity index (χ4v) is 2.39. The number of carbonyl (C=O) groups excluding carboxylic acids is 1. The van der Waals surface area contributed by atoms with Crippen molar-refractivity contribution in [1.29, 1.82) is 0 Å². The molecule has 21 heavy (non-hydrogen) atoms. The fraction of sp³-hybridized carbons (Fsp3) is 0.133. The summed E-state index contributed by atoms with van der Waals surface area (Å²) in [6, 6.07) is 10.3. The van der Waals surface area contributed by atoms with E-state index in [4.69, 9.17) is 21.1 Å². The Balaban J connectivity index is 2.21. The van der Waals surface area contributed by atoms with E-state index in [1.165, 1.54) is 0 Å². The molecule has 0 aliphatic rings. The Kier molecular flexibility index (Phi) is 5.30. The van der Waals surface area contributed by atoms with Crippen molar-refractivity contribution in [3.63, 3.8) is 0 Å². The lowest BCUT2D eigenvalue weighted by Gasteiger charge is -2.11. The van der Waals surface area contributed by atoms with Crippen molar-refractivity contribution in [2.45, 2.75) is 0 Å². The van der Waals surface area contributed by atoms with E-state index in [0.717, 1.165) is 3.57 Å². The van der Waals surface area contributed by atoms with Crippen LogP contribution in [-0.4, -0.2) is 20.1 Å². The third-order valence-corrected chi connectivity index (χ3v) is 4.36. The van der Waals surface area contributed by atoms with Crippen LogP contribution < -0.4 is 14.8 Å². The molecule has 110 valence electrons. The van der Waals surface area contributed by atoms with E-state index in [1.807, 2.05) is 0 Å². The second-order valence-electron chi connectivity index (χ2n) is 4.15. The molecule has 0 atom stereocenters. The predicted molar refractivity (Wildman–Crippen MR) is 91.7 cm³/mol. The second kappa shape index (κ2) is 7.00. The van der Waals surface area contributed by atoms with Gasteiger partial charge in [0.25, 0.3) is 5.91 Å². The van der Waals surface area contributed by atoms with Crippen molar-refractivity contribution in [1.82, 2.24) is 0 Å². The molecule has 0 aliphatic heterocycles. The fourth-order valence-electron chi connectivity index (χ4n) is 1.75. The van der Waals surface area contributed by atoms with Crippen molar-refractivity contribution in [3.8, 4) is 11.5 Å². The van der Waals surface area contributed by atoms with E-state index < -0.39 is 0 Å². The van der Waals surface area contributed by atoms with E-state index >= 15 is 0 Å². The highest BCUT2D eigenvalue weighted by molar-refractivity contribution is 14.1. The molecule has 4 nitrogen and oxygen atoms in total. The van der Waals surface area contributed by atoms with Crippen molar-refractivity contribution in [3.05, 3.63) is 50.6 Å². The largest absolute Gasteiger partial charge is 0.493 e. The maximum absolute atomic E-state index is 12.2. The predicted octanol–water partition coefficient (Wildman–Crippen LogP) is 4.21. The molecular formula is C15H13ClINO3. The number of hydrogen-bond acceptors (Lipinski definition) is 3. The number of anilines is 1. The van der Waals surface area contributed by atoms with E-state index in [9.17, 15) is 4.79 Å². The summed E-state index contributed by atoms with van der Waals surface area (Å²) >= 11 is 8.04. The van der Waals surface area contributed by atoms with Gasteiger partial charge in [-0.2, -0.15) is 0 Å². The van der Waals surface area contributed by atoms with Crippen LogP contribution in [0.25, 0.3) is 0 Å². The SMILES string of the molecule is COc1ccc(NC(=O)c2ccc(Cl)c(I)c2)cc1OC. The summed E-state index contributed by atoms with van der Waals surface area (Å²) in [6.45, 7) is 0. The molecule has 0 fully saturated rings. The summed E-state index contributed by atoms with van der Waals surface area (Å²) in [5, 5.41) is 3.43. The first kappa shape index (κ1) is 15.9. The van der Waals surface area contributed by atoms with E-state index in [2.05, 4.69) is 27.9 Å². The minimum atomic E-state index is -0.211. The van der Waals surface area contributed by atoms with Crippen LogP contribution in [0.1, 0.15) is 10.4 Å². The lowest BCUT2D eigenvalue weighted by molar-refractivity contribution is 0.102. The quantitative estimate of drug-likeness (QED) is 0.758. The number of ether oxygens (including phenoxy) is 2. The molecule has 1 amide bonds. The van der Waals surface area contributed by atoms with Gasteiger partial charge in [-0.05, 0) is 52.9 Å². The van der Waals surface area contributed by atoms with Gasteiger partial charge in [-0.15, -0.1) is 0 Å². The number of rotatable bonds is 4. The van der Waals surface area contributed by atoms with Gasteiger partial charge in [0.1, 0.15) is 0 Å². The van der Waals surface area contributed by atoms with Gasteiger partial charge in [-0.1, -0.05) is 11.6 Å². The molecule has 0 unspecified atom stereocenters. The molecule has 6 heteroatoms. The maximum Gasteiger partial charge on any atom is 0.255 e. The van der Waals surface area contributed by atoms with Gasteiger partial charge in [0, 0.05) is 20.9 Å². The minimum Gasteiger partial charge on any atom is -0.493 e. The van der Waals surface area contributed by atoms with Crippen LogP contribution in [0.5, 0.6) is 11.5 Å². The number of halogens is 2. The lowest BCUT2D eigenvalue weighted by Crippen LogP contribution is -2.12. The Morgan fingerprint density at radius 1 is 1.10 bits per heavy atom. The average Bonchev–Trinajstić information content (AvgIpc) is 2.49. The molecule has 0 heterocycles. The van der Waals surface area contributed by atoms with Crippen LogP contribution in [0.2, 0.25) is 5.02 Å². The number of methoxy groups -OCH3 is 2. The van der Waals surface area contributed by atoms with Crippen LogP contribution in [0.4, 0.5) is 5.69 Å².